The second kappa shape index (κ2) is 5.30. The van der Waals surface area contributed by atoms with Gasteiger partial charge in [-0.2, -0.15) is 0 Å². The molecule has 1 N–H and O–H groups in total. The summed E-state index contributed by atoms with van der Waals surface area (Å²) in [6.45, 7) is 11.3. The zero-order chi connectivity index (χ0) is 14.3. The van der Waals surface area contributed by atoms with Crippen LogP contribution in [0.3, 0.4) is 0 Å². The van der Waals surface area contributed by atoms with Crippen LogP contribution >= 0.6 is 11.3 Å². The molecule has 112 valence electrons. The molecule has 2 aliphatic rings. The van der Waals surface area contributed by atoms with Crippen molar-refractivity contribution in [2.24, 2.45) is 0 Å². The molecule has 1 saturated heterocycles. The fourth-order valence-corrected chi connectivity index (χ4v) is 4.26. The fourth-order valence-electron chi connectivity index (χ4n) is 2.91. The van der Waals surface area contributed by atoms with E-state index in [0.29, 0.717) is 6.04 Å². The van der Waals surface area contributed by atoms with Crippen molar-refractivity contribution >= 4 is 16.5 Å². The Labute approximate surface area is 126 Å². The van der Waals surface area contributed by atoms with Gasteiger partial charge in [0.25, 0.3) is 0 Å². The maximum Gasteiger partial charge on any atom is 0.186 e. The van der Waals surface area contributed by atoms with Crippen LogP contribution in [0.4, 0.5) is 5.13 Å². The Hall–Kier alpha value is -0.610. The molecule has 0 amide bonds. The van der Waals surface area contributed by atoms with Crippen LogP contribution in [0.1, 0.15) is 63.9 Å². The average Bonchev–Trinajstić information content (AvgIpc) is 2.93. The molecule has 1 atom stereocenters. The molecule has 0 bridgehead atoms. The Balaban J connectivity index is 1.83. The van der Waals surface area contributed by atoms with Gasteiger partial charge in [-0.05, 0) is 32.6 Å². The number of anilines is 1. The molecule has 0 aromatic carbocycles. The van der Waals surface area contributed by atoms with Crippen molar-refractivity contribution < 1.29 is 0 Å². The van der Waals surface area contributed by atoms with Crippen molar-refractivity contribution in [1.82, 2.24) is 10.3 Å². The lowest BCUT2D eigenvalue weighted by atomic mass is 9.91. The molecule has 0 spiro atoms. The molecule has 4 heteroatoms. The van der Waals surface area contributed by atoms with Crippen LogP contribution in [0, 0.1) is 0 Å². The van der Waals surface area contributed by atoms with Gasteiger partial charge in [0, 0.05) is 35.5 Å². The predicted octanol–water partition coefficient (Wildman–Crippen LogP) is 3.68. The van der Waals surface area contributed by atoms with Crippen LogP contribution < -0.4 is 10.2 Å². The highest BCUT2D eigenvalue weighted by atomic mass is 32.1. The second-order valence-electron chi connectivity index (χ2n) is 7.36. The summed E-state index contributed by atoms with van der Waals surface area (Å²) < 4.78 is 0. The van der Waals surface area contributed by atoms with E-state index in [2.05, 4.69) is 37.9 Å². The van der Waals surface area contributed by atoms with Crippen LogP contribution in [-0.4, -0.2) is 23.6 Å². The van der Waals surface area contributed by atoms with Gasteiger partial charge in [0.2, 0.25) is 0 Å². The summed E-state index contributed by atoms with van der Waals surface area (Å²) in [5.74, 6) is 0. The van der Waals surface area contributed by atoms with E-state index >= 15 is 0 Å². The van der Waals surface area contributed by atoms with Crippen molar-refractivity contribution in [2.75, 3.05) is 11.4 Å². The Morgan fingerprint density at radius 1 is 1.30 bits per heavy atom. The number of hydrogen-bond acceptors (Lipinski definition) is 4. The lowest BCUT2D eigenvalue weighted by molar-refractivity contribution is 0.558. The van der Waals surface area contributed by atoms with E-state index in [9.17, 15) is 0 Å². The molecule has 20 heavy (non-hydrogen) atoms. The minimum Gasteiger partial charge on any atom is -0.345 e. The zero-order valence-electron chi connectivity index (χ0n) is 13.2. The van der Waals surface area contributed by atoms with Crippen molar-refractivity contribution in [3.8, 4) is 0 Å². The van der Waals surface area contributed by atoms with E-state index < -0.39 is 0 Å². The molecule has 1 aromatic rings. The minimum atomic E-state index is 0.137. The lowest BCUT2D eigenvalue weighted by Gasteiger charge is -2.20. The van der Waals surface area contributed by atoms with Gasteiger partial charge in [-0.3, -0.25) is 0 Å². The van der Waals surface area contributed by atoms with Crippen LogP contribution in [0.5, 0.6) is 0 Å². The van der Waals surface area contributed by atoms with Crippen molar-refractivity contribution in [1.29, 1.82) is 0 Å². The zero-order valence-corrected chi connectivity index (χ0v) is 14.0. The van der Waals surface area contributed by atoms with Gasteiger partial charge in [-0.25, -0.2) is 4.98 Å². The van der Waals surface area contributed by atoms with Gasteiger partial charge in [-0.1, -0.05) is 20.8 Å². The molecule has 3 nitrogen and oxygen atoms in total. The van der Waals surface area contributed by atoms with Crippen LogP contribution in [0.15, 0.2) is 0 Å². The third-order valence-electron chi connectivity index (χ3n) is 4.32. The van der Waals surface area contributed by atoms with Crippen LogP contribution in [-0.2, 0) is 12.0 Å². The first-order valence-corrected chi connectivity index (χ1v) is 8.77. The predicted molar refractivity (Wildman–Crippen MR) is 86.7 cm³/mol. The Morgan fingerprint density at radius 3 is 2.60 bits per heavy atom. The molecular formula is C16H27N3S. The van der Waals surface area contributed by atoms with E-state index in [1.165, 1.54) is 47.9 Å². The number of hydrogen-bond donors (Lipinski definition) is 1. The first kappa shape index (κ1) is 14.3. The molecule has 1 aliphatic carbocycles. The molecule has 2 heterocycles. The molecule has 3 rings (SSSR count). The third-order valence-corrected chi connectivity index (χ3v) is 5.42. The maximum atomic E-state index is 5.02. The van der Waals surface area contributed by atoms with Crippen molar-refractivity contribution in [3.05, 3.63) is 10.6 Å². The summed E-state index contributed by atoms with van der Waals surface area (Å²) in [5, 5.41) is 4.90. The standard InChI is InChI=1S/C16H27N3S/c1-11-6-5-9-19(11)15-18-14(16(2,3)4)13(20-15)10-17-12-7-8-12/h11-12,17H,5-10H2,1-4H3. The largest absolute Gasteiger partial charge is 0.345 e. The Kier molecular flexibility index (Phi) is 3.80. The minimum absolute atomic E-state index is 0.137. The number of thiazole rings is 1. The highest BCUT2D eigenvalue weighted by molar-refractivity contribution is 7.15. The molecular weight excluding hydrogens is 266 g/mol. The quantitative estimate of drug-likeness (QED) is 0.918. The first-order chi connectivity index (χ1) is 9.45. The normalized spacial score (nSPS) is 23.6. The monoisotopic (exact) mass is 293 g/mol. The maximum absolute atomic E-state index is 5.02. The molecule has 0 radical (unpaired) electrons. The molecule has 1 aromatic heterocycles. The van der Waals surface area contributed by atoms with E-state index in [1.807, 2.05) is 11.3 Å². The van der Waals surface area contributed by atoms with Crippen molar-refractivity contribution in [3.63, 3.8) is 0 Å². The van der Waals surface area contributed by atoms with Gasteiger partial charge >= 0.3 is 0 Å². The SMILES string of the molecule is CC1CCCN1c1nc(C(C)(C)C)c(CNC2CC2)s1. The lowest BCUT2D eigenvalue weighted by Crippen LogP contribution is -2.26. The van der Waals surface area contributed by atoms with Crippen LogP contribution in [0.2, 0.25) is 0 Å². The topological polar surface area (TPSA) is 28.2 Å². The number of rotatable bonds is 4. The van der Waals surface area contributed by atoms with Gasteiger partial charge in [-0.15, -0.1) is 11.3 Å². The van der Waals surface area contributed by atoms with E-state index in [0.717, 1.165) is 12.6 Å². The molecule has 1 aliphatic heterocycles. The molecule has 1 unspecified atom stereocenters. The summed E-state index contributed by atoms with van der Waals surface area (Å²) >= 11 is 1.91. The average molecular weight is 293 g/mol. The summed E-state index contributed by atoms with van der Waals surface area (Å²) in [4.78, 5) is 8.96. The third kappa shape index (κ3) is 3.01. The van der Waals surface area contributed by atoms with E-state index in [4.69, 9.17) is 4.98 Å². The highest BCUT2D eigenvalue weighted by Crippen LogP contribution is 2.36. The summed E-state index contributed by atoms with van der Waals surface area (Å²) in [5.41, 5.74) is 1.43. The fraction of sp³-hybridized carbons (Fsp3) is 0.812. The first-order valence-electron chi connectivity index (χ1n) is 7.95. The van der Waals surface area contributed by atoms with Gasteiger partial charge < -0.3 is 10.2 Å². The molecule has 1 saturated carbocycles. The Morgan fingerprint density at radius 2 is 2.05 bits per heavy atom. The number of nitrogens with one attached hydrogen (secondary N) is 1. The highest BCUT2D eigenvalue weighted by Gasteiger charge is 2.29. The smallest absolute Gasteiger partial charge is 0.186 e. The number of aromatic nitrogens is 1. The van der Waals surface area contributed by atoms with Crippen molar-refractivity contribution in [2.45, 2.75) is 77.4 Å². The number of nitrogens with zero attached hydrogens (tertiary/aromatic N) is 2. The Bertz CT molecular complexity index is 471. The van der Waals surface area contributed by atoms with E-state index in [1.54, 1.807) is 0 Å². The summed E-state index contributed by atoms with van der Waals surface area (Å²) in [6, 6.07) is 1.41. The summed E-state index contributed by atoms with van der Waals surface area (Å²) in [7, 11) is 0. The summed E-state index contributed by atoms with van der Waals surface area (Å²) in [6.07, 6.45) is 5.31. The van der Waals surface area contributed by atoms with E-state index in [-0.39, 0.29) is 5.41 Å². The van der Waals surface area contributed by atoms with Gasteiger partial charge in [0.05, 0.1) is 5.69 Å². The second-order valence-corrected chi connectivity index (χ2v) is 8.42. The van der Waals surface area contributed by atoms with Gasteiger partial charge in [0.1, 0.15) is 0 Å². The molecule has 2 fully saturated rings. The van der Waals surface area contributed by atoms with Crippen LogP contribution in [0.25, 0.3) is 0 Å². The van der Waals surface area contributed by atoms with Gasteiger partial charge in [0.15, 0.2) is 5.13 Å².